The molecule has 1 aromatic rings. The van der Waals surface area contributed by atoms with E-state index in [9.17, 15) is 24.9 Å². The molecule has 5 fully saturated rings. The molecule has 1 heterocycles. The average Bonchev–Trinajstić information content (AvgIpc) is 3.90. The maximum Gasteiger partial charge on any atom is 0.331 e. The van der Waals surface area contributed by atoms with Gasteiger partial charge in [0.25, 0.3) is 0 Å². The Morgan fingerprint density at radius 1 is 0.945 bits per heavy atom. The van der Waals surface area contributed by atoms with Crippen molar-refractivity contribution in [2.75, 3.05) is 6.61 Å². The third kappa shape index (κ3) is 7.74. The molecule has 9 unspecified atom stereocenters. The Hall–Kier alpha value is -2.22. The lowest BCUT2D eigenvalue weighted by Gasteiger charge is -2.70. The normalized spacial score (nSPS) is 39.4. The second-order valence-electron chi connectivity index (χ2n) is 20.3. The molecule has 306 valence electrons. The Morgan fingerprint density at radius 3 is 2.29 bits per heavy atom. The molecule has 0 amide bonds. The molecule has 5 saturated carbocycles. The predicted octanol–water partition coefficient (Wildman–Crippen LogP) is 9.44. The molecule has 2 spiro atoms. The van der Waals surface area contributed by atoms with Crippen molar-refractivity contribution in [1.29, 1.82) is 0 Å². The Labute approximate surface area is 331 Å². The summed E-state index contributed by atoms with van der Waals surface area (Å²) in [4.78, 5) is 25.1. The van der Waals surface area contributed by atoms with Gasteiger partial charge in [0.2, 0.25) is 0 Å². The first kappa shape index (κ1) is 41.0. The fraction of sp³-hybridized carbons (Fsp3) is 0.792. The molecule has 7 rings (SSSR count). The fourth-order valence-electron chi connectivity index (χ4n) is 14.4. The molecule has 7 nitrogen and oxygen atoms in total. The standard InChI is InChI=1S/C48H72O7/c1-33(11-10-14-36-12-6-5-7-13-36)15-16-40(50)48-41(51)20-23-44(4,38-18-24-46(25-19-38)28-27-45(32-46)21-8-9-22-45)43(48)39(55-35(3)49)29-34(2)47(48,53)26-17-37-30-42(52)54-31-37/h5-7,12-13,30,33-34,38-41,43,50-51,53H,8-11,14-29,31-32H2,1-4H3. The number of fused-ring (bicyclic) bond motifs is 1. The molecule has 3 N–H and O–H groups in total. The van der Waals surface area contributed by atoms with Crippen molar-refractivity contribution in [3.63, 3.8) is 0 Å². The van der Waals surface area contributed by atoms with Gasteiger partial charge in [-0.05, 0) is 161 Å². The number of esters is 2. The van der Waals surface area contributed by atoms with Crippen molar-refractivity contribution in [2.45, 2.75) is 186 Å². The van der Waals surface area contributed by atoms with Crippen molar-refractivity contribution in [3.8, 4) is 0 Å². The third-order valence-corrected chi connectivity index (χ3v) is 17.2. The summed E-state index contributed by atoms with van der Waals surface area (Å²) in [5, 5.41) is 39.2. The van der Waals surface area contributed by atoms with E-state index in [1.54, 1.807) is 0 Å². The summed E-state index contributed by atoms with van der Waals surface area (Å²) < 4.78 is 11.6. The predicted molar refractivity (Wildman–Crippen MR) is 215 cm³/mol. The maximum atomic E-state index is 13.5. The zero-order valence-corrected chi connectivity index (χ0v) is 34.5. The lowest BCUT2D eigenvalue weighted by molar-refractivity contribution is -0.327. The van der Waals surface area contributed by atoms with Crippen LogP contribution in [0.1, 0.15) is 162 Å². The monoisotopic (exact) mass is 761 g/mol. The number of hydrogen-bond donors (Lipinski definition) is 3. The number of aliphatic hydroxyl groups is 3. The van der Waals surface area contributed by atoms with Crippen LogP contribution in [0, 0.1) is 45.3 Å². The number of rotatable bonds is 13. The quantitative estimate of drug-likeness (QED) is 0.172. The number of carbonyl (C=O) groups excluding carboxylic acids is 2. The van der Waals surface area contributed by atoms with E-state index in [0.29, 0.717) is 54.8 Å². The lowest BCUT2D eigenvalue weighted by Crippen LogP contribution is -2.77. The highest BCUT2D eigenvalue weighted by Gasteiger charge is 2.74. The summed E-state index contributed by atoms with van der Waals surface area (Å²) in [5.41, 5.74) is 0.0448. The second kappa shape index (κ2) is 16.2. The van der Waals surface area contributed by atoms with Crippen LogP contribution in [0.15, 0.2) is 42.0 Å². The summed E-state index contributed by atoms with van der Waals surface area (Å²) in [5.74, 6) is -0.784. The number of ether oxygens (including phenoxy) is 2. The smallest absolute Gasteiger partial charge is 0.331 e. The van der Waals surface area contributed by atoms with Gasteiger partial charge in [-0.25, -0.2) is 4.79 Å². The van der Waals surface area contributed by atoms with E-state index in [1.807, 2.05) is 13.0 Å². The Morgan fingerprint density at radius 2 is 1.64 bits per heavy atom. The summed E-state index contributed by atoms with van der Waals surface area (Å²) in [7, 11) is 0. The van der Waals surface area contributed by atoms with Crippen LogP contribution >= 0.6 is 0 Å². The first-order valence-corrected chi connectivity index (χ1v) is 22.4. The largest absolute Gasteiger partial charge is 0.462 e. The van der Waals surface area contributed by atoms with Gasteiger partial charge in [-0.2, -0.15) is 0 Å². The number of hydrogen-bond acceptors (Lipinski definition) is 7. The maximum absolute atomic E-state index is 13.5. The first-order valence-electron chi connectivity index (χ1n) is 22.4. The minimum atomic E-state index is -1.46. The van der Waals surface area contributed by atoms with Crippen LogP contribution < -0.4 is 0 Å². The molecule has 55 heavy (non-hydrogen) atoms. The van der Waals surface area contributed by atoms with Crippen LogP contribution in [0.2, 0.25) is 0 Å². The molecule has 0 radical (unpaired) electrons. The van der Waals surface area contributed by atoms with E-state index in [2.05, 4.69) is 38.1 Å². The van der Waals surface area contributed by atoms with Crippen molar-refractivity contribution in [2.24, 2.45) is 45.3 Å². The summed E-state index contributed by atoms with van der Waals surface area (Å²) in [6, 6.07) is 10.6. The average molecular weight is 761 g/mol. The fourth-order valence-corrected chi connectivity index (χ4v) is 14.4. The van der Waals surface area contributed by atoms with Crippen LogP contribution in [-0.2, 0) is 25.5 Å². The minimum absolute atomic E-state index is 0.213. The zero-order chi connectivity index (χ0) is 39.1. The number of cyclic esters (lactones) is 1. The van der Waals surface area contributed by atoms with Gasteiger partial charge >= 0.3 is 11.9 Å². The molecule has 9 atom stereocenters. The van der Waals surface area contributed by atoms with Crippen LogP contribution in [0.5, 0.6) is 0 Å². The molecular formula is C48H72O7. The third-order valence-electron chi connectivity index (χ3n) is 17.2. The van der Waals surface area contributed by atoms with Gasteiger partial charge in [-0.1, -0.05) is 70.4 Å². The zero-order valence-electron chi connectivity index (χ0n) is 34.5. The molecule has 7 heteroatoms. The number of aryl methyl sites for hydroxylation is 1. The van der Waals surface area contributed by atoms with E-state index in [0.717, 1.165) is 50.5 Å². The highest BCUT2D eigenvalue weighted by atomic mass is 16.5. The van der Waals surface area contributed by atoms with E-state index in [-0.39, 0.29) is 29.9 Å². The molecule has 0 saturated heterocycles. The number of benzene rings is 1. The van der Waals surface area contributed by atoms with Crippen LogP contribution in [-0.4, -0.2) is 57.8 Å². The summed E-state index contributed by atoms with van der Waals surface area (Å²) in [6.07, 6.45) is 20.2. The van der Waals surface area contributed by atoms with Crippen molar-refractivity contribution < 1.29 is 34.4 Å². The van der Waals surface area contributed by atoms with Gasteiger partial charge in [-0.15, -0.1) is 0 Å². The summed E-state index contributed by atoms with van der Waals surface area (Å²) in [6.45, 7) is 8.33. The topological polar surface area (TPSA) is 113 Å². The van der Waals surface area contributed by atoms with Gasteiger partial charge in [0.1, 0.15) is 12.7 Å². The highest BCUT2D eigenvalue weighted by molar-refractivity contribution is 5.85. The van der Waals surface area contributed by atoms with Crippen LogP contribution in [0.4, 0.5) is 0 Å². The lowest BCUT2D eigenvalue weighted by atomic mass is 9.37. The Bertz CT molecular complexity index is 1520. The van der Waals surface area contributed by atoms with E-state index in [1.165, 1.54) is 76.4 Å². The van der Waals surface area contributed by atoms with Crippen LogP contribution in [0.25, 0.3) is 0 Å². The summed E-state index contributed by atoms with van der Waals surface area (Å²) >= 11 is 0. The van der Waals surface area contributed by atoms with Gasteiger partial charge in [-0.3, -0.25) is 4.79 Å². The first-order chi connectivity index (χ1) is 26.2. The van der Waals surface area contributed by atoms with Gasteiger partial charge in [0.15, 0.2) is 0 Å². The van der Waals surface area contributed by atoms with Crippen molar-refractivity contribution in [1.82, 2.24) is 0 Å². The van der Waals surface area contributed by atoms with Crippen molar-refractivity contribution >= 4 is 11.9 Å². The molecule has 1 aromatic carbocycles. The molecule has 0 bridgehead atoms. The molecular weight excluding hydrogens is 689 g/mol. The molecule has 0 aromatic heterocycles. The van der Waals surface area contributed by atoms with Gasteiger partial charge in [0.05, 0.1) is 23.2 Å². The van der Waals surface area contributed by atoms with E-state index < -0.39 is 35.2 Å². The van der Waals surface area contributed by atoms with Crippen molar-refractivity contribution in [3.05, 3.63) is 47.5 Å². The van der Waals surface area contributed by atoms with Gasteiger partial charge < -0.3 is 24.8 Å². The Balaban J connectivity index is 1.20. The SMILES string of the molecule is CC(=O)OC1CC(C)C(O)(CCC2=CC(=O)OC2)C2(C(O)CCC(C)CCCc3ccccc3)C(O)CCC(C)(C3CCC4(CC3)CCC3(CCCC3)C4)C12. The molecule has 6 aliphatic rings. The number of carbonyl (C=O) groups is 2. The van der Waals surface area contributed by atoms with E-state index >= 15 is 0 Å². The highest BCUT2D eigenvalue weighted by Crippen LogP contribution is 2.71. The molecule has 5 aliphatic carbocycles. The minimum Gasteiger partial charge on any atom is -0.462 e. The van der Waals surface area contributed by atoms with Crippen LogP contribution in [0.3, 0.4) is 0 Å². The van der Waals surface area contributed by atoms with Gasteiger partial charge in [0, 0.05) is 18.9 Å². The molecule has 1 aliphatic heterocycles. The Kier molecular flexibility index (Phi) is 12.1. The second-order valence-corrected chi connectivity index (χ2v) is 20.3. The number of aliphatic hydroxyl groups excluding tert-OH is 2. The van der Waals surface area contributed by atoms with E-state index in [4.69, 9.17) is 9.47 Å².